The van der Waals surface area contributed by atoms with Crippen LogP contribution in [0.3, 0.4) is 0 Å². The molecule has 0 spiro atoms. The molecule has 3 aromatic heterocycles. The minimum absolute atomic E-state index is 0.405. The zero-order valence-corrected chi connectivity index (χ0v) is 27.1. The maximum absolute atomic E-state index is 5.70. The maximum atomic E-state index is 5.70. The fourth-order valence-corrected chi connectivity index (χ4v) is 8.84. The molecule has 10 aromatic rings. The first-order valence-corrected chi connectivity index (χ1v) is 17.0. The van der Waals surface area contributed by atoms with Gasteiger partial charge < -0.3 is 0 Å². The van der Waals surface area contributed by atoms with Crippen molar-refractivity contribution in [3.05, 3.63) is 157 Å². The Kier molecular flexibility index (Phi) is 5.15. The minimum atomic E-state index is -0.405. The molecule has 0 amide bonds. The second-order valence-corrected chi connectivity index (χ2v) is 13.8. The highest BCUT2D eigenvalue weighted by atomic mass is 15.2. The maximum Gasteiger partial charge on any atom is 0.236 e. The first kappa shape index (κ1) is 26.8. The summed E-state index contributed by atoms with van der Waals surface area (Å²) in [5.41, 5.74) is 8.77. The topological polar surface area (TPSA) is 35.6 Å². The lowest BCUT2D eigenvalue weighted by molar-refractivity contribution is 0.636. The van der Waals surface area contributed by atoms with Gasteiger partial charge in [0.05, 0.1) is 27.8 Å². The summed E-state index contributed by atoms with van der Waals surface area (Å²) in [5.74, 6) is 1.59. The highest BCUT2D eigenvalue weighted by Gasteiger charge is 2.43. The Labute approximate surface area is 282 Å². The standard InChI is InChI=1S/C45H30N4/c1-45(2)41-34-22-6-4-16-28(34)27-15-3-5-21-33(27)39(41)40-42(45)46-44(49-37-25-13-9-19-31(37)32-20-10-14-26-38(32)49)47-43(40)48-35-23-11-7-17-29(35)30-18-8-12-24-36(30)48/h3-26H,1-2H3. The van der Waals surface area contributed by atoms with Crippen molar-refractivity contribution in [2.45, 2.75) is 19.3 Å². The normalized spacial score (nSPS) is 13.7. The fourth-order valence-electron chi connectivity index (χ4n) is 8.84. The van der Waals surface area contributed by atoms with E-state index < -0.39 is 5.41 Å². The summed E-state index contributed by atoms with van der Waals surface area (Å²) in [6.45, 7) is 4.69. The third-order valence-electron chi connectivity index (χ3n) is 10.9. The van der Waals surface area contributed by atoms with E-state index in [4.69, 9.17) is 9.97 Å². The molecule has 1 aliphatic rings. The van der Waals surface area contributed by atoms with Crippen LogP contribution in [0, 0.1) is 0 Å². The van der Waals surface area contributed by atoms with Crippen LogP contribution in [0.2, 0.25) is 0 Å². The molecule has 230 valence electrons. The molecule has 0 N–H and O–H groups in total. The van der Waals surface area contributed by atoms with Gasteiger partial charge in [-0.05, 0) is 56.9 Å². The van der Waals surface area contributed by atoms with Gasteiger partial charge in [0, 0.05) is 32.5 Å². The van der Waals surface area contributed by atoms with Crippen LogP contribution in [-0.2, 0) is 5.41 Å². The van der Waals surface area contributed by atoms with E-state index in [1.807, 2.05) is 0 Å². The van der Waals surface area contributed by atoms with Crippen LogP contribution in [0.4, 0.5) is 0 Å². The molecule has 0 aliphatic heterocycles. The van der Waals surface area contributed by atoms with E-state index in [1.165, 1.54) is 54.2 Å². The molecule has 4 nitrogen and oxygen atoms in total. The van der Waals surface area contributed by atoms with Gasteiger partial charge >= 0.3 is 0 Å². The average Bonchev–Trinajstić information content (AvgIpc) is 3.75. The molecular formula is C45H30N4. The fraction of sp³-hybridized carbons (Fsp3) is 0.0667. The van der Waals surface area contributed by atoms with E-state index in [1.54, 1.807) is 0 Å². The van der Waals surface area contributed by atoms with Crippen molar-refractivity contribution >= 4 is 65.2 Å². The smallest absolute Gasteiger partial charge is 0.236 e. The molecule has 0 saturated carbocycles. The number of hydrogen-bond acceptors (Lipinski definition) is 2. The van der Waals surface area contributed by atoms with Crippen LogP contribution in [0.1, 0.15) is 25.1 Å². The Morgan fingerprint density at radius 2 is 0.776 bits per heavy atom. The van der Waals surface area contributed by atoms with Gasteiger partial charge in [-0.25, -0.2) is 4.98 Å². The molecule has 0 bridgehead atoms. The number of benzene rings is 7. The summed E-state index contributed by atoms with van der Waals surface area (Å²) >= 11 is 0. The van der Waals surface area contributed by atoms with Crippen LogP contribution in [-0.4, -0.2) is 19.1 Å². The summed E-state index contributed by atoms with van der Waals surface area (Å²) < 4.78 is 4.65. The number of nitrogens with zero attached hydrogens (tertiary/aromatic N) is 4. The van der Waals surface area contributed by atoms with Crippen molar-refractivity contribution in [1.82, 2.24) is 19.1 Å². The molecule has 0 saturated heterocycles. The Balaban J connectivity index is 1.38. The van der Waals surface area contributed by atoms with E-state index in [-0.39, 0.29) is 0 Å². The Morgan fingerprint density at radius 3 is 1.29 bits per heavy atom. The predicted octanol–water partition coefficient (Wildman–Crippen LogP) is 11.3. The number of fused-ring (bicyclic) bond motifs is 14. The molecular weight excluding hydrogens is 597 g/mol. The summed E-state index contributed by atoms with van der Waals surface area (Å²) in [7, 11) is 0. The zero-order chi connectivity index (χ0) is 32.4. The second-order valence-electron chi connectivity index (χ2n) is 13.8. The lowest BCUT2D eigenvalue weighted by Crippen LogP contribution is -2.20. The number of para-hydroxylation sites is 4. The largest absolute Gasteiger partial charge is 0.293 e. The van der Waals surface area contributed by atoms with E-state index in [9.17, 15) is 0 Å². The molecule has 0 radical (unpaired) electrons. The number of rotatable bonds is 2. The summed E-state index contributed by atoms with van der Waals surface area (Å²) in [4.78, 5) is 11.3. The SMILES string of the molecule is CC1(C)c2nc(-n3c4ccccc4c4ccccc43)nc(-n3c4ccccc4c4ccccc43)c2-c2c1c1ccccc1c1ccccc21. The Morgan fingerprint density at radius 1 is 0.388 bits per heavy atom. The van der Waals surface area contributed by atoms with Crippen molar-refractivity contribution in [2.24, 2.45) is 0 Å². The predicted molar refractivity (Wildman–Crippen MR) is 203 cm³/mol. The molecule has 49 heavy (non-hydrogen) atoms. The first-order valence-electron chi connectivity index (χ1n) is 17.0. The van der Waals surface area contributed by atoms with E-state index in [2.05, 4.69) is 169 Å². The van der Waals surface area contributed by atoms with Gasteiger partial charge in [0.15, 0.2) is 5.82 Å². The molecule has 7 aromatic carbocycles. The van der Waals surface area contributed by atoms with Gasteiger partial charge in [-0.1, -0.05) is 135 Å². The number of hydrogen-bond donors (Lipinski definition) is 0. The average molecular weight is 627 g/mol. The second kappa shape index (κ2) is 9.42. The van der Waals surface area contributed by atoms with Crippen LogP contribution in [0.15, 0.2) is 146 Å². The van der Waals surface area contributed by atoms with Crippen molar-refractivity contribution in [1.29, 1.82) is 0 Å². The lowest BCUT2D eigenvalue weighted by atomic mass is 9.81. The highest BCUT2D eigenvalue weighted by Crippen LogP contribution is 2.56. The Hall–Kier alpha value is -6.26. The van der Waals surface area contributed by atoms with Gasteiger partial charge in [0.2, 0.25) is 5.95 Å². The monoisotopic (exact) mass is 626 g/mol. The van der Waals surface area contributed by atoms with Crippen molar-refractivity contribution in [2.75, 3.05) is 0 Å². The van der Waals surface area contributed by atoms with E-state index in [0.29, 0.717) is 5.95 Å². The van der Waals surface area contributed by atoms with Gasteiger partial charge in [0.1, 0.15) is 0 Å². The third-order valence-corrected chi connectivity index (χ3v) is 10.9. The van der Waals surface area contributed by atoms with Gasteiger partial charge in [-0.3, -0.25) is 9.13 Å². The molecule has 0 atom stereocenters. The van der Waals surface area contributed by atoms with Gasteiger partial charge in [-0.2, -0.15) is 4.98 Å². The summed E-state index contributed by atoms with van der Waals surface area (Å²) in [6.07, 6.45) is 0. The molecule has 3 heterocycles. The quantitative estimate of drug-likeness (QED) is 0.179. The van der Waals surface area contributed by atoms with Crippen LogP contribution in [0.5, 0.6) is 0 Å². The number of aromatic nitrogens is 4. The van der Waals surface area contributed by atoms with E-state index >= 15 is 0 Å². The van der Waals surface area contributed by atoms with Crippen molar-refractivity contribution < 1.29 is 0 Å². The first-order chi connectivity index (χ1) is 24.1. The zero-order valence-electron chi connectivity index (χ0n) is 27.1. The van der Waals surface area contributed by atoms with Crippen molar-refractivity contribution in [3.63, 3.8) is 0 Å². The van der Waals surface area contributed by atoms with Gasteiger partial charge in [-0.15, -0.1) is 0 Å². The van der Waals surface area contributed by atoms with Gasteiger partial charge in [0.25, 0.3) is 0 Å². The highest BCUT2D eigenvalue weighted by molar-refractivity contribution is 6.19. The molecule has 0 fully saturated rings. The van der Waals surface area contributed by atoms with E-state index in [0.717, 1.165) is 39.1 Å². The molecule has 0 unspecified atom stereocenters. The summed E-state index contributed by atoms with van der Waals surface area (Å²) in [6, 6.07) is 52.4. The van der Waals surface area contributed by atoms with Crippen LogP contribution < -0.4 is 0 Å². The lowest BCUT2D eigenvalue weighted by Gasteiger charge is -2.23. The van der Waals surface area contributed by atoms with Crippen LogP contribution in [0.25, 0.3) is 88.0 Å². The molecule has 4 heteroatoms. The summed E-state index contributed by atoms with van der Waals surface area (Å²) in [5, 5.41) is 9.84. The molecule has 11 rings (SSSR count). The van der Waals surface area contributed by atoms with Crippen molar-refractivity contribution in [3.8, 4) is 22.9 Å². The molecule has 1 aliphatic carbocycles. The Bertz CT molecular complexity index is 2920. The third kappa shape index (κ3) is 3.38. The minimum Gasteiger partial charge on any atom is -0.293 e. The van der Waals surface area contributed by atoms with Crippen LogP contribution >= 0.6 is 0 Å².